The molecule has 0 aliphatic rings. The van der Waals surface area contributed by atoms with Crippen molar-refractivity contribution in [1.82, 2.24) is 25.0 Å². The van der Waals surface area contributed by atoms with Gasteiger partial charge < -0.3 is 15.0 Å². The van der Waals surface area contributed by atoms with Gasteiger partial charge in [-0.25, -0.2) is 14.8 Å². The maximum absolute atomic E-state index is 12.1. The number of rotatable bonds is 4. The number of hydrogen-bond acceptors (Lipinski definition) is 4. The lowest BCUT2D eigenvalue weighted by Gasteiger charge is -2.12. The van der Waals surface area contributed by atoms with Crippen LogP contribution in [0.1, 0.15) is 34.2 Å². The van der Waals surface area contributed by atoms with Gasteiger partial charge in [-0.2, -0.15) is 0 Å². The zero-order valence-corrected chi connectivity index (χ0v) is 14.1. The number of hydrogen-bond donors (Lipinski definition) is 2. The maximum Gasteiger partial charge on any atom is 0.315 e. The van der Waals surface area contributed by atoms with Crippen LogP contribution in [0.5, 0.6) is 0 Å². The van der Waals surface area contributed by atoms with Gasteiger partial charge in [0.25, 0.3) is 0 Å². The van der Waals surface area contributed by atoms with Crippen LogP contribution in [0.15, 0.2) is 30.6 Å². The summed E-state index contributed by atoms with van der Waals surface area (Å²) in [5.74, 6) is 0. The second kappa shape index (κ2) is 6.37. The number of nitrogens with zero attached hydrogens (tertiary/aromatic N) is 3. The van der Waals surface area contributed by atoms with Crippen LogP contribution in [-0.2, 0) is 6.54 Å². The molecule has 6 nitrogen and oxygen atoms in total. The zero-order chi connectivity index (χ0) is 16.4. The molecule has 3 rings (SSSR count). The third-order valence-electron chi connectivity index (χ3n) is 3.60. The van der Waals surface area contributed by atoms with Gasteiger partial charge in [0.1, 0.15) is 10.7 Å². The first kappa shape index (κ1) is 15.5. The molecular weight excluding hydrogens is 310 g/mol. The van der Waals surface area contributed by atoms with Crippen molar-refractivity contribution < 1.29 is 4.79 Å². The molecule has 1 atom stereocenters. The topological polar surface area (TPSA) is 71.3 Å². The van der Waals surface area contributed by atoms with Crippen LogP contribution in [0, 0.1) is 13.8 Å². The Bertz CT molecular complexity index is 838. The van der Waals surface area contributed by atoms with Crippen LogP contribution >= 0.6 is 11.3 Å². The van der Waals surface area contributed by atoms with Crippen LogP contribution in [0.4, 0.5) is 4.79 Å². The molecule has 0 aliphatic carbocycles. The molecule has 0 radical (unpaired) electrons. The number of carbonyl (C=O) groups is 1. The van der Waals surface area contributed by atoms with E-state index in [0.717, 1.165) is 26.9 Å². The number of aryl methyl sites for hydroxylation is 2. The number of carbonyl (C=O) groups excluding carboxylic acids is 1. The van der Waals surface area contributed by atoms with Crippen molar-refractivity contribution in [3.05, 3.63) is 51.9 Å². The van der Waals surface area contributed by atoms with E-state index >= 15 is 0 Å². The average Bonchev–Trinajstić information content (AvgIpc) is 3.08. The first-order valence-corrected chi connectivity index (χ1v) is 8.25. The third kappa shape index (κ3) is 3.34. The van der Waals surface area contributed by atoms with Crippen LogP contribution in [0.2, 0.25) is 0 Å². The van der Waals surface area contributed by atoms with Crippen molar-refractivity contribution >= 4 is 23.0 Å². The summed E-state index contributed by atoms with van der Waals surface area (Å²) in [4.78, 5) is 22.0. The molecule has 0 aromatic carbocycles. The molecule has 3 aromatic rings. The Morgan fingerprint density at radius 2 is 2.22 bits per heavy atom. The molecule has 1 unspecified atom stereocenters. The molecule has 2 N–H and O–H groups in total. The van der Waals surface area contributed by atoms with E-state index in [-0.39, 0.29) is 12.1 Å². The van der Waals surface area contributed by atoms with E-state index in [1.54, 1.807) is 11.3 Å². The summed E-state index contributed by atoms with van der Waals surface area (Å²) in [6.45, 7) is 6.30. The second-order valence-electron chi connectivity index (χ2n) is 5.43. The van der Waals surface area contributed by atoms with E-state index < -0.39 is 0 Å². The second-order valence-corrected chi connectivity index (χ2v) is 6.70. The molecule has 23 heavy (non-hydrogen) atoms. The SMILES string of the molecule is Cc1cnc(C(C)NC(=O)NCc2c(C)nc3ccccn23)s1. The van der Waals surface area contributed by atoms with Gasteiger partial charge in [0.05, 0.1) is 24.0 Å². The molecule has 3 heterocycles. The predicted octanol–water partition coefficient (Wildman–Crippen LogP) is 2.97. The number of aromatic nitrogens is 3. The van der Waals surface area contributed by atoms with Crippen molar-refractivity contribution in [3.8, 4) is 0 Å². The molecular formula is C16H19N5OS. The van der Waals surface area contributed by atoms with E-state index in [2.05, 4.69) is 20.6 Å². The Labute approximate surface area is 138 Å². The predicted molar refractivity (Wildman–Crippen MR) is 90.6 cm³/mol. The summed E-state index contributed by atoms with van der Waals surface area (Å²) in [6.07, 6.45) is 3.77. The molecule has 3 aromatic heterocycles. The minimum Gasteiger partial charge on any atom is -0.332 e. The number of thiazole rings is 1. The summed E-state index contributed by atoms with van der Waals surface area (Å²) < 4.78 is 1.99. The fraction of sp³-hybridized carbons (Fsp3) is 0.312. The van der Waals surface area contributed by atoms with E-state index in [4.69, 9.17) is 0 Å². The average molecular weight is 329 g/mol. The highest BCUT2D eigenvalue weighted by Crippen LogP contribution is 2.18. The molecule has 0 saturated carbocycles. The minimum atomic E-state index is -0.212. The zero-order valence-electron chi connectivity index (χ0n) is 13.3. The summed E-state index contributed by atoms with van der Waals surface area (Å²) in [7, 11) is 0. The molecule has 0 bridgehead atoms. The number of urea groups is 1. The van der Waals surface area contributed by atoms with Crippen molar-refractivity contribution in [2.24, 2.45) is 0 Å². The number of fused-ring (bicyclic) bond motifs is 1. The Morgan fingerprint density at radius 3 is 2.96 bits per heavy atom. The lowest BCUT2D eigenvalue weighted by Crippen LogP contribution is -2.36. The van der Waals surface area contributed by atoms with Crippen molar-refractivity contribution in [3.63, 3.8) is 0 Å². The molecule has 2 amide bonds. The lowest BCUT2D eigenvalue weighted by molar-refractivity contribution is 0.237. The molecule has 0 fully saturated rings. The maximum atomic E-state index is 12.1. The number of pyridine rings is 1. The van der Waals surface area contributed by atoms with E-state index in [9.17, 15) is 4.79 Å². The summed E-state index contributed by atoms with van der Waals surface area (Å²) in [5.41, 5.74) is 2.78. The van der Waals surface area contributed by atoms with Gasteiger partial charge in [-0.15, -0.1) is 11.3 Å². The first-order chi connectivity index (χ1) is 11.0. The van der Waals surface area contributed by atoms with E-state index in [0.29, 0.717) is 6.54 Å². The lowest BCUT2D eigenvalue weighted by atomic mass is 10.3. The van der Waals surface area contributed by atoms with Gasteiger partial charge >= 0.3 is 6.03 Å². The van der Waals surface area contributed by atoms with Crippen molar-refractivity contribution in [2.75, 3.05) is 0 Å². The molecule has 7 heteroatoms. The smallest absolute Gasteiger partial charge is 0.315 e. The normalized spacial score (nSPS) is 12.3. The molecule has 0 spiro atoms. The highest BCUT2D eigenvalue weighted by atomic mass is 32.1. The number of nitrogens with one attached hydrogen (secondary N) is 2. The van der Waals surface area contributed by atoms with Crippen LogP contribution in [0.3, 0.4) is 0 Å². The molecule has 0 aliphatic heterocycles. The molecule has 0 saturated heterocycles. The van der Waals surface area contributed by atoms with Crippen LogP contribution in [-0.4, -0.2) is 20.4 Å². The minimum absolute atomic E-state index is 0.114. The Balaban J connectivity index is 1.63. The monoisotopic (exact) mass is 329 g/mol. The Kier molecular flexibility index (Phi) is 4.29. The van der Waals surface area contributed by atoms with Gasteiger partial charge in [0.2, 0.25) is 0 Å². The fourth-order valence-corrected chi connectivity index (χ4v) is 3.20. The summed E-state index contributed by atoms with van der Waals surface area (Å²) in [5, 5.41) is 6.71. The summed E-state index contributed by atoms with van der Waals surface area (Å²) in [6, 6.07) is 5.52. The summed E-state index contributed by atoms with van der Waals surface area (Å²) >= 11 is 1.59. The van der Waals surface area contributed by atoms with Crippen LogP contribution in [0.25, 0.3) is 5.65 Å². The molecule has 120 valence electrons. The van der Waals surface area contributed by atoms with Crippen LogP contribution < -0.4 is 10.6 Å². The van der Waals surface area contributed by atoms with E-state index in [1.807, 2.05) is 55.8 Å². The highest BCUT2D eigenvalue weighted by Gasteiger charge is 2.14. The quantitative estimate of drug-likeness (QED) is 0.773. The number of amides is 2. The highest BCUT2D eigenvalue weighted by molar-refractivity contribution is 7.11. The van der Waals surface area contributed by atoms with Gasteiger partial charge in [-0.05, 0) is 32.9 Å². The third-order valence-corrected chi connectivity index (χ3v) is 4.70. The van der Waals surface area contributed by atoms with Gasteiger partial charge in [-0.3, -0.25) is 0 Å². The fourth-order valence-electron chi connectivity index (χ4n) is 2.42. The van der Waals surface area contributed by atoms with Gasteiger partial charge in [0, 0.05) is 17.3 Å². The van der Waals surface area contributed by atoms with Crippen molar-refractivity contribution in [1.29, 1.82) is 0 Å². The van der Waals surface area contributed by atoms with Gasteiger partial charge in [0.15, 0.2) is 0 Å². The Morgan fingerprint density at radius 1 is 1.39 bits per heavy atom. The largest absolute Gasteiger partial charge is 0.332 e. The standard InChI is InChI=1S/C16H19N5OS/c1-10-8-17-15(23-10)12(3)20-16(22)18-9-13-11(2)19-14-6-4-5-7-21(13)14/h4-8,12H,9H2,1-3H3,(H2,18,20,22). The van der Waals surface area contributed by atoms with Gasteiger partial charge in [-0.1, -0.05) is 6.07 Å². The van der Waals surface area contributed by atoms with Crippen molar-refractivity contribution in [2.45, 2.75) is 33.4 Å². The number of imidazole rings is 1. The van der Waals surface area contributed by atoms with E-state index in [1.165, 1.54) is 0 Å². The first-order valence-electron chi connectivity index (χ1n) is 7.44. The Hall–Kier alpha value is -2.41.